The molecule has 1 saturated heterocycles. The molecule has 1 N–H and O–H groups in total. The SMILES string of the molecule is Cc1cc2nc(-c3ccnc(-c4cnc(N5CCOCC5)nc4)c3)sc2c(-c2ccc(Cl)cc2)c1CC(=O)O. The Labute approximate surface area is 233 Å². The number of hydrogen-bond acceptors (Lipinski definition) is 8. The molecule has 8 nitrogen and oxygen atoms in total. The van der Waals surface area contributed by atoms with Crippen molar-refractivity contribution in [2.24, 2.45) is 0 Å². The monoisotopic (exact) mass is 557 g/mol. The predicted octanol–water partition coefficient (Wildman–Crippen LogP) is 5.91. The molecule has 0 unspecified atom stereocenters. The number of fused-ring (bicyclic) bond motifs is 1. The van der Waals surface area contributed by atoms with Crippen LogP contribution >= 0.6 is 22.9 Å². The smallest absolute Gasteiger partial charge is 0.307 e. The number of carboxylic acid groups (broad SMARTS) is 1. The summed E-state index contributed by atoms with van der Waals surface area (Å²) in [7, 11) is 0. The number of aliphatic carboxylic acids is 1. The zero-order valence-electron chi connectivity index (χ0n) is 21.1. The van der Waals surface area contributed by atoms with Crippen molar-refractivity contribution in [1.82, 2.24) is 19.9 Å². The molecule has 4 heterocycles. The van der Waals surface area contributed by atoms with Crippen LogP contribution in [0.5, 0.6) is 0 Å². The Morgan fingerprint density at radius 3 is 2.49 bits per heavy atom. The molecule has 1 fully saturated rings. The van der Waals surface area contributed by atoms with E-state index in [1.54, 1.807) is 18.6 Å². The van der Waals surface area contributed by atoms with Crippen molar-refractivity contribution >= 4 is 45.1 Å². The number of thiazole rings is 1. The third-order valence-corrected chi connectivity index (χ3v) is 8.10. The highest BCUT2D eigenvalue weighted by Gasteiger charge is 2.20. The van der Waals surface area contributed by atoms with Crippen LogP contribution in [-0.2, 0) is 16.0 Å². The van der Waals surface area contributed by atoms with Gasteiger partial charge in [0.25, 0.3) is 0 Å². The molecule has 3 aromatic heterocycles. The Hall–Kier alpha value is -3.92. The summed E-state index contributed by atoms with van der Waals surface area (Å²) in [5, 5.41) is 11.1. The van der Waals surface area contributed by atoms with Gasteiger partial charge in [0.15, 0.2) is 0 Å². The lowest BCUT2D eigenvalue weighted by Crippen LogP contribution is -2.37. The van der Waals surface area contributed by atoms with E-state index in [0.717, 1.165) is 67.4 Å². The van der Waals surface area contributed by atoms with Crippen molar-refractivity contribution in [1.29, 1.82) is 0 Å². The molecule has 0 amide bonds. The largest absolute Gasteiger partial charge is 0.481 e. The van der Waals surface area contributed by atoms with E-state index in [-0.39, 0.29) is 6.42 Å². The number of ether oxygens (including phenoxy) is 1. The van der Waals surface area contributed by atoms with Gasteiger partial charge < -0.3 is 14.7 Å². The van der Waals surface area contributed by atoms with E-state index in [1.807, 2.05) is 49.4 Å². The molecule has 39 heavy (non-hydrogen) atoms. The minimum absolute atomic E-state index is 0.0766. The molecule has 196 valence electrons. The van der Waals surface area contributed by atoms with E-state index in [4.69, 9.17) is 21.3 Å². The Balaban J connectivity index is 1.40. The second kappa shape index (κ2) is 10.7. The summed E-state index contributed by atoms with van der Waals surface area (Å²) in [6.07, 6.45) is 5.27. The highest BCUT2D eigenvalue weighted by molar-refractivity contribution is 7.22. The molecule has 6 rings (SSSR count). The number of carbonyl (C=O) groups is 1. The van der Waals surface area contributed by atoms with Crippen molar-refractivity contribution in [2.45, 2.75) is 13.3 Å². The third-order valence-electron chi connectivity index (χ3n) is 6.71. The molecule has 10 heteroatoms. The van der Waals surface area contributed by atoms with Gasteiger partial charge >= 0.3 is 5.97 Å². The average molecular weight is 558 g/mol. The first kappa shape index (κ1) is 25.4. The van der Waals surface area contributed by atoms with Crippen LogP contribution in [0.15, 0.2) is 61.1 Å². The fraction of sp³-hybridized carbons (Fsp3) is 0.207. The number of aryl methyl sites for hydroxylation is 1. The lowest BCUT2D eigenvalue weighted by molar-refractivity contribution is -0.136. The first-order chi connectivity index (χ1) is 19.0. The van der Waals surface area contributed by atoms with Crippen molar-refractivity contribution < 1.29 is 14.6 Å². The highest BCUT2D eigenvalue weighted by Crippen LogP contribution is 2.41. The molecule has 0 aliphatic carbocycles. The number of nitrogens with zero attached hydrogens (tertiary/aromatic N) is 5. The zero-order valence-corrected chi connectivity index (χ0v) is 22.7. The standard InChI is InChI=1S/C29H24ClN5O3S/c1-17-12-24-27(26(22(17)14-25(36)37)18-2-4-21(30)5-3-18)39-28(34-24)19-6-7-31-23(13-19)20-15-32-29(33-16-20)35-8-10-38-11-9-35/h2-7,12-13,15-16H,8-11,14H2,1H3,(H,36,37). The maximum atomic E-state index is 11.7. The first-order valence-electron chi connectivity index (χ1n) is 12.5. The van der Waals surface area contributed by atoms with Gasteiger partial charge in [0.1, 0.15) is 5.01 Å². The third kappa shape index (κ3) is 5.21. The van der Waals surface area contributed by atoms with Crippen LogP contribution in [0, 0.1) is 6.92 Å². The van der Waals surface area contributed by atoms with Gasteiger partial charge in [-0.3, -0.25) is 9.78 Å². The molecule has 0 atom stereocenters. The van der Waals surface area contributed by atoms with Gasteiger partial charge in [-0.15, -0.1) is 11.3 Å². The number of benzene rings is 2. The van der Waals surface area contributed by atoms with E-state index in [0.29, 0.717) is 24.2 Å². The molecule has 0 spiro atoms. The number of aromatic nitrogens is 4. The van der Waals surface area contributed by atoms with Gasteiger partial charge in [-0.25, -0.2) is 15.0 Å². The van der Waals surface area contributed by atoms with Gasteiger partial charge in [0.2, 0.25) is 5.95 Å². The van der Waals surface area contributed by atoms with Gasteiger partial charge in [0.05, 0.1) is 35.5 Å². The van der Waals surface area contributed by atoms with Crippen LogP contribution in [0.1, 0.15) is 11.1 Å². The van der Waals surface area contributed by atoms with E-state index in [2.05, 4.69) is 19.9 Å². The molecule has 0 radical (unpaired) electrons. The summed E-state index contributed by atoms with van der Waals surface area (Å²) in [4.78, 5) is 32.5. The molecular formula is C29H24ClN5O3S. The maximum absolute atomic E-state index is 11.7. The summed E-state index contributed by atoms with van der Waals surface area (Å²) < 4.78 is 6.35. The fourth-order valence-corrected chi connectivity index (χ4v) is 6.02. The van der Waals surface area contributed by atoms with Crippen LogP contribution in [0.25, 0.3) is 43.2 Å². The number of morpholine rings is 1. The van der Waals surface area contributed by atoms with E-state index >= 15 is 0 Å². The second-order valence-corrected chi connectivity index (χ2v) is 10.7. The fourth-order valence-electron chi connectivity index (χ4n) is 4.76. The molecular weight excluding hydrogens is 534 g/mol. The molecule has 1 aliphatic heterocycles. The van der Waals surface area contributed by atoms with E-state index < -0.39 is 5.97 Å². The zero-order chi connectivity index (χ0) is 26.9. The van der Waals surface area contributed by atoms with Crippen molar-refractivity contribution in [3.63, 3.8) is 0 Å². The lowest BCUT2D eigenvalue weighted by Gasteiger charge is -2.26. The molecule has 0 saturated carbocycles. The van der Waals surface area contributed by atoms with Gasteiger partial charge in [-0.1, -0.05) is 23.7 Å². The average Bonchev–Trinajstić information content (AvgIpc) is 3.38. The highest BCUT2D eigenvalue weighted by atomic mass is 35.5. The number of anilines is 1. The molecule has 0 bridgehead atoms. The first-order valence-corrected chi connectivity index (χ1v) is 13.7. The van der Waals surface area contributed by atoms with Crippen LogP contribution < -0.4 is 4.90 Å². The van der Waals surface area contributed by atoms with E-state index in [1.165, 1.54) is 11.3 Å². The van der Waals surface area contributed by atoms with Crippen molar-refractivity contribution in [2.75, 3.05) is 31.2 Å². The Kier molecular flexibility index (Phi) is 6.95. The van der Waals surface area contributed by atoms with Crippen molar-refractivity contribution in [3.05, 3.63) is 77.2 Å². The number of carboxylic acids is 1. The van der Waals surface area contributed by atoms with Crippen molar-refractivity contribution in [3.8, 4) is 33.0 Å². The quantitative estimate of drug-likeness (QED) is 0.275. The minimum atomic E-state index is -0.877. The Morgan fingerprint density at radius 1 is 1.03 bits per heavy atom. The maximum Gasteiger partial charge on any atom is 0.307 e. The van der Waals surface area contributed by atoms with Crippen LogP contribution in [-0.4, -0.2) is 57.3 Å². The Morgan fingerprint density at radius 2 is 1.77 bits per heavy atom. The molecule has 2 aromatic carbocycles. The van der Waals surface area contributed by atoms with Gasteiger partial charge in [0, 0.05) is 53.4 Å². The minimum Gasteiger partial charge on any atom is -0.481 e. The second-order valence-electron chi connectivity index (χ2n) is 9.29. The molecule has 1 aliphatic rings. The molecule has 5 aromatic rings. The summed E-state index contributed by atoms with van der Waals surface area (Å²) in [5.74, 6) is -0.190. The summed E-state index contributed by atoms with van der Waals surface area (Å²) in [5.41, 5.74) is 6.76. The number of hydrogen-bond donors (Lipinski definition) is 1. The normalized spacial score (nSPS) is 13.6. The lowest BCUT2D eigenvalue weighted by atomic mass is 9.93. The topological polar surface area (TPSA) is 101 Å². The van der Waals surface area contributed by atoms with Crippen LogP contribution in [0.4, 0.5) is 5.95 Å². The number of rotatable bonds is 6. The van der Waals surface area contributed by atoms with Gasteiger partial charge in [-0.05, 0) is 53.9 Å². The Bertz CT molecular complexity index is 1670. The van der Waals surface area contributed by atoms with Gasteiger partial charge in [-0.2, -0.15) is 0 Å². The number of pyridine rings is 1. The summed E-state index contributed by atoms with van der Waals surface area (Å²) in [6.45, 7) is 4.83. The summed E-state index contributed by atoms with van der Waals surface area (Å²) in [6, 6.07) is 13.4. The predicted molar refractivity (Wildman–Crippen MR) is 153 cm³/mol. The van der Waals surface area contributed by atoms with E-state index in [9.17, 15) is 9.90 Å². The summed E-state index contributed by atoms with van der Waals surface area (Å²) >= 11 is 7.68. The number of halogens is 1. The van der Waals surface area contributed by atoms with Crippen LogP contribution in [0.2, 0.25) is 5.02 Å². The van der Waals surface area contributed by atoms with Crippen LogP contribution in [0.3, 0.4) is 0 Å².